The minimum atomic E-state index is -0.420. The van der Waals surface area contributed by atoms with E-state index in [0.717, 1.165) is 16.9 Å². The van der Waals surface area contributed by atoms with Gasteiger partial charge in [0, 0.05) is 5.56 Å². The highest BCUT2D eigenvalue weighted by atomic mass is 16.5. The molecule has 0 amide bonds. The molecule has 2 rings (SSSR count). The highest BCUT2D eigenvalue weighted by molar-refractivity contribution is 6.35. The van der Waals surface area contributed by atoms with Crippen LogP contribution in [0.2, 0.25) is 0 Å². The van der Waals surface area contributed by atoms with Gasteiger partial charge in [-0.1, -0.05) is 0 Å². The van der Waals surface area contributed by atoms with Gasteiger partial charge in [-0.15, -0.1) is 0 Å². The van der Waals surface area contributed by atoms with Gasteiger partial charge in [-0.2, -0.15) is 15.3 Å². The summed E-state index contributed by atoms with van der Waals surface area (Å²) in [7, 11) is 0. The van der Waals surface area contributed by atoms with Gasteiger partial charge in [-0.05, 0) is 32.0 Å². The molecule has 1 aromatic rings. The van der Waals surface area contributed by atoms with Crippen molar-refractivity contribution >= 4 is 23.1 Å². The monoisotopic (exact) mass is 246 g/mol. The molecule has 94 valence electrons. The number of carbonyl (C=O) groups is 1. The molecule has 0 atom stereocenters. The third-order valence-electron chi connectivity index (χ3n) is 2.42. The van der Waals surface area contributed by atoms with E-state index in [4.69, 9.17) is 4.74 Å². The van der Waals surface area contributed by atoms with E-state index in [2.05, 4.69) is 20.8 Å². The molecule has 1 aliphatic heterocycles. The number of nitrogens with zero attached hydrogens (tertiary/aromatic N) is 3. The van der Waals surface area contributed by atoms with Crippen LogP contribution in [-0.4, -0.2) is 18.3 Å². The quantitative estimate of drug-likeness (QED) is 0.504. The molecule has 0 aliphatic carbocycles. The van der Waals surface area contributed by atoms with Crippen molar-refractivity contribution in [3.63, 3.8) is 0 Å². The largest absolute Gasteiger partial charge is 0.461 e. The van der Waals surface area contributed by atoms with Crippen LogP contribution in [0.3, 0.4) is 0 Å². The van der Waals surface area contributed by atoms with Crippen molar-refractivity contribution in [3.05, 3.63) is 23.8 Å². The number of esters is 1. The molecular formula is C12H14N4O2. The van der Waals surface area contributed by atoms with E-state index in [1.165, 1.54) is 0 Å². The predicted octanol–water partition coefficient (Wildman–Crippen LogP) is 2.63. The van der Waals surface area contributed by atoms with Crippen molar-refractivity contribution in [1.82, 2.24) is 0 Å². The van der Waals surface area contributed by atoms with Crippen molar-refractivity contribution in [2.24, 2.45) is 15.3 Å². The van der Waals surface area contributed by atoms with Gasteiger partial charge in [0.1, 0.15) is 5.71 Å². The Morgan fingerprint density at radius 3 is 3.17 bits per heavy atom. The van der Waals surface area contributed by atoms with Crippen LogP contribution in [0.25, 0.3) is 0 Å². The molecule has 1 aliphatic rings. The first-order valence-electron chi connectivity index (χ1n) is 5.68. The number of fused-ring (bicyclic) bond motifs is 1. The van der Waals surface area contributed by atoms with Crippen LogP contribution in [0.4, 0.5) is 11.4 Å². The minimum absolute atomic E-state index is 0.284. The zero-order valence-electron chi connectivity index (χ0n) is 10.3. The third-order valence-corrected chi connectivity index (χ3v) is 2.42. The number of azo groups is 1. The van der Waals surface area contributed by atoms with E-state index < -0.39 is 5.97 Å². The van der Waals surface area contributed by atoms with Gasteiger partial charge in [-0.3, -0.25) is 5.43 Å². The first kappa shape index (κ1) is 12.2. The second-order valence-corrected chi connectivity index (χ2v) is 3.77. The first-order chi connectivity index (χ1) is 8.70. The molecule has 0 saturated carbocycles. The topological polar surface area (TPSA) is 75.4 Å². The predicted molar refractivity (Wildman–Crippen MR) is 68.0 cm³/mol. The summed E-state index contributed by atoms with van der Waals surface area (Å²) in [6.45, 7) is 4.29. The van der Waals surface area contributed by atoms with Gasteiger partial charge in [0.15, 0.2) is 0 Å². The minimum Gasteiger partial charge on any atom is -0.461 e. The van der Waals surface area contributed by atoms with Crippen LogP contribution in [0.1, 0.15) is 19.4 Å². The maximum atomic E-state index is 11.3. The first-order valence-corrected chi connectivity index (χ1v) is 5.68. The lowest BCUT2D eigenvalue weighted by molar-refractivity contribution is -0.135. The number of ether oxygens (including phenoxy) is 1. The Kier molecular flexibility index (Phi) is 3.66. The number of rotatable bonds is 4. The van der Waals surface area contributed by atoms with Crippen LogP contribution in [-0.2, 0) is 16.1 Å². The van der Waals surface area contributed by atoms with Crippen molar-refractivity contribution in [3.8, 4) is 0 Å². The standard InChI is InChI=1S/C12H14N4O2/c1-3-18-12(17)8(2)14-15-10-4-5-11-9(6-10)7-13-16-11/h4-6,15H,3,7H2,1-2H3. The lowest BCUT2D eigenvalue weighted by Gasteiger charge is -2.04. The Hall–Kier alpha value is -2.24. The summed E-state index contributed by atoms with van der Waals surface area (Å²) in [5.74, 6) is -0.420. The number of carbonyl (C=O) groups excluding carboxylic acids is 1. The zero-order chi connectivity index (χ0) is 13.0. The number of hydrogen-bond donors (Lipinski definition) is 1. The fourth-order valence-corrected chi connectivity index (χ4v) is 1.50. The number of nitrogens with one attached hydrogen (secondary N) is 1. The smallest absolute Gasteiger partial charge is 0.354 e. The summed E-state index contributed by atoms with van der Waals surface area (Å²) in [5, 5.41) is 11.9. The maximum Gasteiger partial charge on any atom is 0.354 e. The summed E-state index contributed by atoms with van der Waals surface area (Å²) in [4.78, 5) is 11.3. The van der Waals surface area contributed by atoms with Crippen LogP contribution < -0.4 is 5.43 Å². The number of hydrazone groups is 1. The Balaban J connectivity index is 2.02. The molecule has 6 heteroatoms. The van der Waals surface area contributed by atoms with Gasteiger partial charge in [0.25, 0.3) is 0 Å². The van der Waals surface area contributed by atoms with Crippen LogP contribution in [0.5, 0.6) is 0 Å². The summed E-state index contributed by atoms with van der Waals surface area (Å²) in [6, 6.07) is 5.62. The lowest BCUT2D eigenvalue weighted by Crippen LogP contribution is -2.15. The maximum absolute atomic E-state index is 11.3. The van der Waals surface area contributed by atoms with Crippen molar-refractivity contribution in [1.29, 1.82) is 0 Å². The Morgan fingerprint density at radius 1 is 1.56 bits per heavy atom. The van der Waals surface area contributed by atoms with Gasteiger partial charge in [-0.25, -0.2) is 4.79 Å². The Bertz CT molecular complexity index is 523. The molecule has 0 saturated heterocycles. The van der Waals surface area contributed by atoms with Crippen LogP contribution in [0.15, 0.2) is 33.5 Å². The van der Waals surface area contributed by atoms with E-state index in [1.807, 2.05) is 18.2 Å². The van der Waals surface area contributed by atoms with Crippen LogP contribution in [0, 0.1) is 0 Å². The molecule has 0 radical (unpaired) electrons. The summed E-state index contributed by atoms with van der Waals surface area (Å²) in [6.07, 6.45) is 0. The van der Waals surface area contributed by atoms with Crippen LogP contribution >= 0.6 is 0 Å². The molecule has 0 spiro atoms. The zero-order valence-corrected chi connectivity index (χ0v) is 10.3. The van der Waals surface area contributed by atoms with E-state index >= 15 is 0 Å². The van der Waals surface area contributed by atoms with Crippen molar-refractivity contribution < 1.29 is 9.53 Å². The molecule has 18 heavy (non-hydrogen) atoms. The Labute approximate surface area is 105 Å². The molecular weight excluding hydrogens is 232 g/mol. The SMILES string of the molecule is CCOC(=O)C(C)=NNc1ccc2c(c1)CN=N2. The van der Waals surface area contributed by atoms with E-state index in [9.17, 15) is 4.79 Å². The molecule has 0 bridgehead atoms. The molecule has 0 aromatic heterocycles. The molecule has 1 N–H and O–H groups in total. The van der Waals surface area contributed by atoms with Crippen molar-refractivity contribution in [2.45, 2.75) is 20.4 Å². The summed E-state index contributed by atoms with van der Waals surface area (Å²) >= 11 is 0. The van der Waals surface area contributed by atoms with Gasteiger partial charge in [0.2, 0.25) is 0 Å². The van der Waals surface area contributed by atoms with Gasteiger partial charge in [0.05, 0.1) is 24.5 Å². The lowest BCUT2D eigenvalue weighted by atomic mass is 10.2. The average Bonchev–Trinajstić information content (AvgIpc) is 2.83. The number of hydrogen-bond acceptors (Lipinski definition) is 6. The molecule has 6 nitrogen and oxygen atoms in total. The highest BCUT2D eigenvalue weighted by Crippen LogP contribution is 2.28. The van der Waals surface area contributed by atoms with E-state index in [0.29, 0.717) is 13.2 Å². The number of anilines is 1. The molecule has 1 aromatic carbocycles. The van der Waals surface area contributed by atoms with Crippen molar-refractivity contribution in [2.75, 3.05) is 12.0 Å². The van der Waals surface area contributed by atoms with Gasteiger partial charge >= 0.3 is 5.97 Å². The average molecular weight is 246 g/mol. The second kappa shape index (κ2) is 5.39. The second-order valence-electron chi connectivity index (χ2n) is 3.77. The fourth-order valence-electron chi connectivity index (χ4n) is 1.50. The third kappa shape index (κ3) is 2.71. The highest BCUT2D eigenvalue weighted by Gasteiger charge is 2.09. The normalized spacial score (nSPS) is 13.3. The number of benzene rings is 1. The van der Waals surface area contributed by atoms with Gasteiger partial charge < -0.3 is 4.74 Å². The molecule has 0 fully saturated rings. The summed E-state index contributed by atoms with van der Waals surface area (Å²) < 4.78 is 4.83. The molecule has 0 unspecified atom stereocenters. The van der Waals surface area contributed by atoms with E-state index in [-0.39, 0.29) is 5.71 Å². The fraction of sp³-hybridized carbons (Fsp3) is 0.333. The Morgan fingerprint density at radius 2 is 2.39 bits per heavy atom. The summed E-state index contributed by atoms with van der Waals surface area (Å²) in [5.41, 5.74) is 5.82. The molecule has 1 heterocycles. The van der Waals surface area contributed by atoms with E-state index in [1.54, 1.807) is 13.8 Å².